The molecule has 2 aromatic carbocycles. The molecule has 0 fully saturated rings. The monoisotopic (exact) mass is 373 g/mol. The van der Waals surface area contributed by atoms with Gasteiger partial charge in [-0.15, -0.1) is 0 Å². The van der Waals surface area contributed by atoms with Gasteiger partial charge in [0.25, 0.3) is 5.69 Å². The number of benzene rings is 2. The molecule has 2 rings (SSSR count). The Morgan fingerprint density at radius 2 is 1.67 bits per heavy atom. The Bertz CT molecular complexity index is 755. The van der Waals surface area contributed by atoms with Gasteiger partial charge in [0.1, 0.15) is 11.5 Å². The number of rotatable bonds is 10. The Hall–Kier alpha value is -3.29. The van der Waals surface area contributed by atoms with E-state index in [0.717, 1.165) is 11.3 Å². The van der Waals surface area contributed by atoms with Crippen LogP contribution in [0.25, 0.3) is 0 Å². The maximum atomic E-state index is 12.0. The number of non-ortho nitro benzene ring substituents is 1. The molecular weight excluding hydrogens is 350 g/mol. The number of amides is 1. The molecule has 27 heavy (non-hydrogen) atoms. The van der Waals surface area contributed by atoms with Crippen LogP contribution in [0.5, 0.6) is 11.5 Å². The number of carbonyl (C=O) groups is 1. The van der Waals surface area contributed by atoms with Crippen LogP contribution in [0.15, 0.2) is 42.5 Å². The fourth-order valence-electron chi connectivity index (χ4n) is 2.47. The first-order chi connectivity index (χ1) is 13.0. The number of hydrogen-bond donors (Lipinski definition) is 2. The molecular formula is C19H23N3O5. The fourth-order valence-corrected chi connectivity index (χ4v) is 2.47. The van der Waals surface area contributed by atoms with Crippen LogP contribution < -0.4 is 20.1 Å². The van der Waals surface area contributed by atoms with Crippen molar-refractivity contribution >= 4 is 17.3 Å². The summed E-state index contributed by atoms with van der Waals surface area (Å²) in [6.07, 6.45) is 0.934. The molecule has 144 valence electrons. The summed E-state index contributed by atoms with van der Waals surface area (Å²) in [5.41, 5.74) is 1.77. The third-order valence-corrected chi connectivity index (χ3v) is 3.91. The molecule has 0 aliphatic rings. The number of ether oxygens (including phenoxy) is 2. The van der Waals surface area contributed by atoms with Crippen LogP contribution in [0.3, 0.4) is 0 Å². The summed E-state index contributed by atoms with van der Waals surface area (Å²) in [7, 11) is 3.17. The summed E-state index contributed by atoms with van der Waals surface area (Å²) in [5.74, 6) is 1.33. The number of methoxy groups -OCH3 is 2. The summed E-state index contributed by atoms with van der Waals surface area (Å²) in [5, 5.41) is 16.5. The van der Waals surface area contributed by atoms with E-state index < -0.39 is 4.92 Å². The van der Waals surface area contributed by atoms with Gasteiger partial charge in [0.05, 0.1) is 19.1 Å². The second-order valence-corrected chi connectivity index (χ2v) is 5.80. The van der Waals surface area contributed by atoms with E-state index in [0.29, 0.717) is 37.4 Å². The minimum Gasteiger partial charge on any atom is -0.497 e. The van der Waals surface area contributed by atoms with Crippen molar-refractivity contribution in [1.29, 1.82) is 0 Å². The van der Waals surface area contributed by atoms with Gasteiger partial charge in [0.15, 0.2) is 0 Å². The first kappa shape index (κ1) is 20.0. The fraction of sp³-hybridized carbons (Fsp3) is 0.316. The van der Waals surface area contributed by atoms with Crippen LogP contribution in [0.4, 0.5) is 11.4 Å². The Morgan fingerprint density at radius 3 is 2.22 bits per heavy atom. The molecule has 2 aromatic rings. The van der Waals surface area contributed by atoms with E-state index in [2.05, 4.69) is 10.6 Å². The highest BCUT2D eigenvalue weighted by Crippen LogP contribution is 2.23. The van der Waals surface area contributed by atoms with Crippen LogP contribution in [0.2, 0.25) is 0 Å². The van der Waals surface area contributed by atoms with E-state index in [1.807, 2.05) is 12.1 Å². The zero-order valence-electron chi connectivity index (χ0n) is 15.4. The second-order valence-electron chi connectivity index (χ2n) is 5.80. The first-order valence-electron chi connectivity index (χ1n) is 8.49. The summed E-state index contributed by atoms with van der Waals surface area (Å²) in [6, 6.07) is 11.7. The average Bonchev–Trinajstić information content (AvgIpc) is 2.69. The smallest absolute Gasteiger partial charge is 0.269 e. The lowest BCUT2D eigenvalue weighted by atomic mass is 10.1. The third kappa shape index (κ3) is 6.50. The van der Waals surface area contributed by atoms with Crippen molar-refractivity contribution in [3.63, 3.8) is 0 Å². The number of hydrogen-bond acceptors (Lipinski definition) is 6. The third-order valence-electron chi connectivity index (χ3n) is 3.91. The van der Waals surface area contributed by atoms with E-state index in [1.165, 1.54) is 12.1 Å². The molecule has 0 atom stereocenters. The van der Waals surface area contributed by atoms with Crippen molar-refractivity contribution in [2.24, 2.45) is 0 Å². The lowest BCUT2D eigenvalue weighted by molar-refractivity contribution is -0.384. The predicted octanol–water partition coefficient (Wildman–Crippen LogP) is 2.77. The largest absolute Gasteiger partial charge is 0.497 e. The molecule has 0 saturated carbocycles. The zero-order chi connectivity index (χ0) is 19.6. The highest BCUT2D eigenvalue weighted by molar-refractivity contribution is 5.76. The van der Waals surface area contributed by atoms with Gasteiger partial charge in [-0.05, 0) is 36.2 Å². The van der Waals surface area contributed by atoms with Crippen LogP contribution in [-0.4, -0.2) is 38.1 Å². The highest BCUT2D eigenvalue weighted by atomic mass is 16.6. The van der Waals surface area contributed by atoms with E-state index in [-0.39, 0.29) is 11.6 Å². The molecule has 0 heterocycles. The zero-order valence-corrected chi connectivity index (χ0v) is 15.4. The molecule has 8 nitrogen and oxygen atoms in total. The number of carbonyl (C=O) groups excluding carboxylic acids is 1. The number of anilines is 1. The Morgan fingerprint density at radius 1 is 1.04 bits per heavy atom. The Kier molecular flexibility index (Phi) is 7.42. The van der Waals surface area contributed by atoms with Crippen molar-refractivity contribution in [2.75, 3.05) is 32.6 Å². The van der Waals surface area contributed by atoms with Crippen molar-refractivity contribution in [3.05, 3.63) is 58.1 Å². The molecule has 8 heteroatoms. The maximum absolute atomic E-state index is 12.0. The van der Waals surface area contributed by atoms with Crippen molar-refractivity contribution in [1.82, 2.24) is 5.32 Å². The second kappa shape index (κ2) is 10.0. The lowest BCUT2D eigenvalue weighted by Crippen LogP contribution is -2.28. The van der Waals surface area contributed by atoms with E-state index >= 15 is 0 Å². The summed E-state index contributed by atoms with van der Waals surface area (Å²) >= 11 is 0. The molecule has 1 amide bonds. The summed E-state index contributed by atoms with van der Waals surface area (Å²) < 4.78 is 10.4. The van der Waals surface area contributed by atoms with Gasteiger partial charge in [-0.3, -0.25) is 14.9 Å². The van der Waals surface area contributed by atoms with Crippen LogP contribution >= 0.6 is 0 Å². The molecule has 0 radical (unpaired) electrons. The highest BCUT2D eigenvalue weighted by Gasteiger charge is 2.06. The lowest BCUT2D eigenvalue weighted by Gasteiger charge is -2.10. The normalized spacial score (nSPS) is 10.1. The van der Waals surface area contributed by atoms with Gasteiger partial charge >= 0.3 is 0 Å². The Labute approximate surface area is 157 Å². The molecule has 0 aliphatic heterocycles. The van der Waals surface area contributed by atoms with Gasteiger partial charge in [-0.2, -0.15) is 0 Å². The van der Waals surface area contributed by atoms with E-state index in [9.17, 15) is 14.9 Å². The molecule has 0 aliphatic carbocycles. The van der Waals surface area contributed by atoms with Gasteiger partial charge in [0.2, 0.25) is 5.91 Å². The molecule has 2 N–H and O–H groups in total. The Balaban J connectivity index is 1.71. The number of nitro benzene ring substituents is 1. The summed E-state index contributed by atoms with van der Waals surface area (Å²) in [6.45, 7) is 0.980. The van der Waals surface area contributed by atoms with Crippen LogP contribution in [-0.2, 0) is 11.2 Å². The minimum atomic E-state index is -0.443. The maximum Gasteiger partial charge on any atom is 0.269 e. The number of nitrogens with zero attached hydrogens (tertiary/aromatic N) is 1. The number of aryl methyl sites for hydroxylation is 1. The molecule has 0 unspecified atom stereocenters. The topological polar surface area (TPSA) is 103 Å². The van der Waals surface area contributed by atoms with Crippen molar-refractivity contribution < 1.29 is 19.2 Å². The van der Waals surface area contributed by atoms with Crippen molar-refractivity contribution in [2.45, 2.75) is 12.8 Å². The first-order valence-corrected chi connectivity index (χ1v) is 8.49. The molecule has 0 aromatic heterocycles. The SMILES string of the molecule is COc1cc(CCC(=O)NCCNc2ccc([N+](=O)[O-])cc2)cc(OC)c1. The quantitative estimate of drug-likeness (QED) is 0.377. The van der Waals surface area contributed by atoms with E-state index in [1.54, 1.807) is 32.4 Å². The van der Waals surface area contributed by atoms with Gasteiger partial charge in [-0.1, -0.05) is 0 Å². The van der Waals surface area contributed by atoms with Crippen molar-refractivity contribution in [3.8, 4) is 11.5 Å². The molecule has 0 bridgehead atoms. The molecule has 0 saturated heterocycles. The number of nitro groups is 1. The van der Waals surface area contributed by atoms with Gasteiger partial charge in [0, 0.05) is 43.4 Å². The minimum absolute atomic E-state index is 0.0445. The summed E-state index contributed by atoms with van der Waals surface area (Å²) in [4.78, 5) is 22.1. The predicted molar refractivity (Wildman–Crippen MR) is 102 cm³/mol. The van der Waals surface area contributed by atoms with Gasteiger partial charge < -0.3 is 20.1 Å². The van der Waals surface area contributed by atoms with Gasteiger partial charge in [-0.25, -0.2) is 0 Å². The standard InChI is InChI=1S/C19H23N3O5/c1-26-17-11-14(12-18(13-17)27-2)3-8-19(23)21-10-9-20-15-4-6-16(7-5-15)22(24)25/h4-7,11-13,20H,3,8-10H2,1-2H3,(H,21,23). The van der Waals surface area contributed by atoms with Crippen LogP contribution in [0.1, 0.15) is 12.0 Å². The van der Waals surface area contributed by atoms with Crippen LogP contribution in [0, 0.1) is 10.1 Å². The number of nitrogens with one attached hydrogen (secondary N) is 2. The van der Waals surface area contributed by atoms with E-state index in [4.69, 9.17) is 9.47 Å². The average molecular weight is 373 g/mol. The molecule has 0 spiro atoms.